The molecule has 3 N–H and O–H groups in total. The zero-order chi connectivity index (χ0) is 27.8. The largest absolute Gasteiger partial charge is 0.486 e. The van der Waals surface area contributed by atoms with Gasteiger partial charge in [0.2, 0.25) is 5.91 Å². The predicted molar refractivity (Wildman–Crippen MR) is 145 cm³/mol. The van der Waals surface area contributed by atoms with Crippen LogP contribution < -0.4 is 15.8 Å². The summed E-state index contributed by atoms with van der Waals surface area (Å²) in [4.78, 5) is 30.2. The molecule has 1 aliphatic heterocycles. The van der Waals surface area contributed by atoms with Crippen LogP contribution >= 0.6 is 11.6 Å². The molecule has 0 atom stereocenters. The minimum atomic E-state index is -3.34. The molecule has 11 heteroatoms. The first-order valence-electron chi connectivity index (χ1n) is 12.2. The van der Waals surface area contributed by atoms with Crippen LogP contribution in [0.1, 0.15) is 15.9 Å². The maximum absolute atomic E-state index is 14.3. The number of aromatic nitrogens is 1. The number of pyridine rings is 1. The number of rotatable bonds is 9. The highest BCUT2D eigenvalue weighted by Gasteiger charge is 2.31. The van der Waals surface area contributed by atoms with Gasteiger partial charge in [0.15, 0.2) is 6.61 Å². The molecule has 8 nitrogen and oxygen atoms in total. The molecule has 1 aromatic heterocycles. The Morgan fingerprint density at radius 3 is 2.49 bits per heavy atom. The third-order valence-corrected chi connectivity index (χ3v) is 6.19. The van der Waals surface area contributed by atoms with E-state index in [4.69, 9.17) is 26.8 Å². The number of nitrogens with two attached hydrogens (primary N) is 1. The summed E-state index contributed by atoms with van der Waals surface area (Å²) < 4.78 is 39.2. The molecule has 0 aliphatic carbocycles. The van der Waals surface area contributed by atoms with Crippen LogP contribution in [0.2, 0.25) is 5.02 Å². The van der Waals surface area contributed by atoms with Gasteiger partial charge in [0.05, 0.1) is 24.8 Å². The molecule has 1 fully saturated rings. The summed E-state index contributed by atoms with van der Waals surface area (Å²) in [6.07, 6.45) is 4.03. The molecule has 0 saturated carbocycles. The maximum atomic E-state index is 14.3. The van der Waals surface area contributed by atoms with Crippen molar-refractivity contribution in [3.05, 3.63) is 83.0 Å². The van der Waals surface area contributed by atoms with E-state index in [0.29, 0.717) is 43.2 Å². The van der Waals surface area contributed by atoms with Crippen LogP contribution in [0.3, 0.4) is 0 Å². The topological polar surface area (TPSA) is 107 Å². The maximum Gasteiger partial charge on any atom is 0.298 e. The molecule has 0 bridgehead atoms. The second-order valence-corrected chi connectivity index (χ2v) is 9.25. The van der Waals surface area contributed by atoms with Crippen LogP contribution in [0.15, 0.2) is 66.9 Å². The van der Waals surface area contributed by atoms with E-state index in [0.717, 1.165) is 17.2 Å². The van der Waals surface area contributed by atoms with E-state index in [-0.39, 0.29) is 16.7 Å². The number of anilines is 1. The summed E-state index contributed by atoms with van der Waals surface area (Å²) >= 11 is 6.29. The number of amides is 2. The molecule has 2 amide bonds. The standard InChI is InChI=1S/C28H27ClF2N4O4/c29-23-15-22(20-3-5-21(6-4-20)27(37)35-11-13-38-14-12-35)7-8-24(23)39-18-28(30,31)17-34-26(36)10-2-19-1-9-25(32)33-16-19/h1-10,15-16H,11-14,17-18H2,(H2,32,33)(H,34,36)/b10-2+. The van der Waals surface area contributed by atoms with Crippen molar-refractivity contribution in [2.24, 2.45) is 0 Å². The fourth-order valence-electron chi connectivity index (χ4n) is 3.75. The lowest BCUT2D eigenvalue weighted by Gasteiger charge is -2.26. The van der Waals surface area contributed by atoms with Gasteiger partial charge in [-0.15, -0.1) is 0 Å². The van der Waals surface area contributed by atoms with Crippen LogP contribution in [-0.4, -0.2) is 67.1 Å². The van der Waals surface area contributed by atoms with E-state index in [1.54, 1.807) is 53.4 Å². The molecule has 2 heterocycles. The first-order chi connectivity index (χ1) is 18.7. The Morgan fingerprint density at radius 1 is 1.10 bits per heavy atom. The molecule has 3 aromatic rings. The van der Waals surface area contributed by atoms with Gasteiger partial charge in [-0.2, -0.15) is 0 Å². The van der Waals surface area contributed by atoms with Crippen LogP contribution in [0, 0.1) is 0 Å². The molecule has 0 unspecified atom stereocenters. The molecule has 204 valence electrons. The van der Waals surface area contributed by atoms with Crippen LogP contribution in [0.4, 0.5) is 14.6 Å². The Balaban J connectivity index is 1.29. The minimum absolute atomic E-state index is 0.0566. The highest BCUT2D eigenvalue weighted by atomic mass is 35.5. The summed E-state index contributed by atoms with van der Waals surface area (Å²) in [5.41, 5.74) is 8.20. The Bertz CT molecular complexity index is 1330. The summed E-state index contributed by atoms with van der Waals surface area (Å²) in [5.74, 6) is -3.67. The number of benzene rings is 2. The summed E-state index contributed by atoms with van der Waals surface area (Å²) in [6, 6.07) is 15.1. The molecule has 0 spiro atoms. The van der Waals surface area contributed by atoms with Crippen LogP contribution in [-0.2, 0) is 9.53 Å². The first kappa shape index (κ1) is 28.0. The number of hydrogen-bond donors (Lipinski definition) is 2. The average molecular weight is 557 g/mol. The SMILES string of the molecule is Nc1ccc(/C=C/C(=O)NCC(F)(F)COc2ccc(-c3ccc(C(=O)N4CCOCC4)cc3)cc2Cl)cn1. The lowest BCUT2D eigenvalue weighted by Crippen LogP contribution is -2.40. The number of nitrogens with zero attached hydrogens (tertiary/aromatic N) is 2. The molecule has 4 rings (SSSR count). The molecule has 39 heavy (non-hydrogen) atoms. The Labute approximate surface area is 229 Å². The third-order valence-electron chi connectivity index (χ3n) is 5.89. The second-order valence-electron chi connectivity index (χ2n) is 8.84. The van der Waals surface area contributed by atoms with Crippen molar-refractivity contribution in [1.82, 2.24) is 15.2 Å². The number of nitrogen functional groups attached to an aromatic ring is 1. The summed E-state index contributed by atoms with van der Waals surface area (Å²) in [6.45, 7) is 0.277. The van der Waals surface area contributed by atoms with Crippen molar-refractivity contribution in [3.63, 3.8) is 0 Å². The molecular formula is C28H27ClF2N4O4. The first-order valence-corrected chi connectivity index (χ1v) is 12.5. The highest BCUT2D eigenvalue weighted by molar-refractivity contribution is 6.32. The van der Waals surface area contributed by atoms with Crippen molar-refractivity contribution >= 4 is 35.3 Å². The van der Waals surface area contributed by atoms with Gasteiger partial charge in [0, 0.05) is 30.9 Å². The summed E-state index contributed by atoms with van der Waals surface area (Å²) in [7, 11) is 0. The Kier molecular flexibility index (Phi) is 9.11. The average Bonchev–Trinajstić information content (AvgIpc) is 2.95. The molecule has 1 aliphatic rings. The van der Waals surface area contributed by atoms with Gasteiger partial charge in [-0.25, -0.2) is 13.8 Å². The second kappa shape index (κ2) is 12.7. The van der Waals surface area contributed by atoms with E-state index in [1.807, 2.05) is 0 Å². The number of morpholine rings is 1. The van der Waals surface area contributed by atoms with Crippen molar-refractivity contribution < 1.29 is 27.8 Å². The number of nitrogens with one attached hydrogen (secondary N) is 1. The Morgan fingerprint density at radius 2 is 1.82 bits per heavy atom. The Hall–Kier alpha value is -4.02. The fraction of sp³-hybridized carbons (Fsp3) is 0.250. The van der Waals surface area contributed by atoms with Gasteiger partial charge >= 0.3 is 0 Å². The normalized spacial score (nSPS) is 13.9. The third kappa shape index (κ3) is 7.98. The number of carbonyl (C=O) groups excluding carboxylic acids is 2. The molecule has 1 saturated heterocycles. The number of carbonyl (C=O) groups is 2. The lowest BCUT2D eigenvalue weighted by molar-refractivity contribution is -0.119. The number of halogens is 3. The van der Waals surface area contributed by atoms with Gasteiger partial charge in [-0.3, -0.25) is 9.59 Å². The van der Waals surface area contributed by atoms with Gasteiger partial charge in [0.1, 0.15) is 11.6 Å². The van der Waals surface area contributed by atoms with E-state index in [2.05, 4.69) is 10.3 Å². The van der Waals surface area contributed by atoms with Gasteiger partial charge in [-0.05, 0) is 59.2 Å². The van der Waals surface area contributed by atoms with Crippen molar-refractivity contribution in [2.45, 2.75) is 5.92 Å². The predicted octanol–water partition coefficient (Wildman–Crippen LogP) is 4.30. The lowest BCUT2D eigenvalue weighted by atomic mass is 10.0. The number of ether oxygens (including phenoxy) is 2. The van der Waals surface area contributed by atoms with Gasteiger partial charge in [-0.1, -0.05) is 29.8 Å². The van der Waals surface area contributed by atoms with Crippen molar-refractivity contribution in [3.8, 4) is 16.9 Å². The number of alkyl halides is 2. The number of hydrogen-bond acceptors (Lipinski definition) is 6. The van der Waals surface area contributed by atoms with Gasteiger partial charge in [0.25, 0.3) is 11.8 Å². The van der Waals surface area contributed by atoms with Gasteiger partial charge < -0.3 is 25.4 Å². The van der Waals surface area contributed by atoms with E-state index in [1.165, 1.54) is 18.3 Å². The van der Waals surface area contributed by atoms with Crippen molar-refractivity contribution in [2.75, 3.05) is 45.2 Å². The minimum Gasteiger partial charge on any atom is -0.486 e. The molecule has 2 aromatic carbocycles. The van der Waals surface area contributed by atoms with E-state index in [9.17, 15) is 18.4 Å². The zero-order valence-electron chi connectivity index (χ0n) is 20.9. The van der Waals surface area contributed by atoms with E-state index >= 15 is 0 Å². The zero-order valence-corrected chi connectivity index (χ0v) is 21.7. The highest BCUT2D eigenvalue weighted by Crippen LogP contribution is 2.31. The fourth-order valence-corrected chi connectivity index (χ4v) is 3.98. The van der Waals surface area contributed by atoms with Crippen LogP contribution in [0.5, 0.6) is 5.75 Å². The van der Waals surface area contributed by atoms with E-state index < -0.39 is 25.0 Å². The quantitative estimate of drug-likeness (QED) is 0.381. The molecule has 0 radical (unpaired) electrons. The summed E-state index contributed by atoms with van der Waals surface area (Å²) in [5, 5.41) is 2.31. The van der Waals surface area contributed by atoms with Crippen molar-refractivity contribution in [1.29, 1.82) is 0 Å². The smallest absolute Gasteiger partial charge is 0.298 e. The van der Waals surface area contributed by atoms with Crippen LogP contribution in [0.25, 0.3) is 17.2 Å². The molecular weight excluding hydrogens is 530 g/mol. The monoisotopic (exact) mass is 556 g/mol.